The molecular weight excluding hydrogens is 226 g/mol. The van der Waals surface area contributed by atoms with Crippen LogP contribution in [0, 0.1) is 6.92 Å². The topological polar surface area (TPSA) is 39.1 Å². The second-order valence-electron chi connectivity index (χ2n) is 4.63. The molecule has 4 nitrogen and oxygen atoms in total. The number of imidazole rings is 1. The molecule has 0 aliphatic carbocycles. The van der Waals surface area contributed by atoms with Crippen LogP contribution in [0.3, 0.4) is 0 Å². The van der Waals surface area contributed by atoms with Gasteiger partial charge in [-0.1, -0.05) is 18.2 Å². The number of rotatable bonds is 2. The Balaban J connectivity index is 1.91. The zero-order chi connectivity index (χ0) is 12.5. The Labute approximate surface area is 107 Å². The minimum atomic E-state index is 0.274. The maximum atomic E-state index is 5.42. The fourth-order valence-corrected chi connectivity index (χ4v) is 2.52. The number of fused-ring (bicyclic) bond motifs is 1. The molecule has 1 atom stereocenters. The summed E-state index contributed by atoms with van der Waals surface area (Å²) in [6.07, 6.45) is 3.13. The predicted molar refractivity (Wildman–Crippen MR) is 70.9 cm³/mol. The molecule has 4 heteroatoms. The highest BCUT2D eigenvalue weighted by atomic mass is 16.5. The van der Waals surface area contributed by atoms with Gasteiger partial charge in [-0.25, -0.2) is 4.98 Å². The summed E-state index contributed by atoms with van der Waals surface area (Å²) >= 11 is 0. The molecule has 1 aliphatic rings. The Morgan fingerprint density at radius 3 is 3.06 bits per heavy atom. The third-order valence-corrected chi connectivity index (χ3v) is 3.37. The zero-order valence-corrected chi connectivity index (χ0v) is 10.7. The number of nitrogens with zero attached hydrogens (tertiary/aromatic N) is 2. The average molecular weight is 243 g/mol. The summed E-state index contributed by atoms with van der Waals surface area (Å²) in [5.41, 5.74) is 2.25. The number of ether oxygens (including phenoxy) is 1. The maximum absolute atomic E-state index is 5.42. The maximum Gasteiger partial charge on any atom is 0.203 e. The first-order valence-electron chi connectivity index (χ1n) is 6.21. The van der Waals surface area contributed by atoms with E-state index < -0.39 is 0 Å². The molecule has 0 radical (unpaired) electrons. The second kappa shape index (κ2) is 4.37. The van der Waals surface area contributed by atoms with Gasteiger partial charge in [-0.2, -0.15) is 0 Å². The van der Waals surface area contributed by atoms with Gasteiger partial charge >= 0.3 is 0 Å². The molecule has 1 aromatic carbocycles. The first kappa shape index (κ1) is 11.1. The summed E-state index contributed by atoms with van der Waals surface area (Å²) in [5.74, 6) is 1.89. The monoisotopic (exact) mass is 243 g/mol. The quantitative estimate of drug-likeness (QED) is 0.881. The van der Waals surface area contributed by atoms with Gasteiger partial charge in [-0.05, 0) is 19.4 Å². The van der Waals surface area contributed by atoms with Crippen molar-refractivity contribution in [3.05, 3.63) is 41.7 Å². The molecule has 2 heterocycles. The number of aryl methyl sites for hydroxylation is 2. The summed E-state index contributed by atoms with van der Waals surface area (Å²) in [5, 5.41) is 3.48. The lowest BCUT2D eigenvalue weighted by atomic mass is 10.0. The molecule has 1 aliphatic heterocycles. The fourth-order valence-electron chi connectivity index (χ4n) is 2.52. The van der Waals surface area contributed by atoms with E-state index in [1.165, 1.54) is 5.56 Å². The Bertz CT molecular complexity index is 562. The highest BCUT2D eigenvalue weighted by Crippen LogP contribution is 2.33. The van der Waals surface area contributed by atoms with Gasteiger partial charge in [0.1, 0.15) is 5.75 Å². The molecule has 0 amide bonds. The van der Waals surface area contributed by atoms with Crippen molar-refractivity contribution < 1.29 is 4.74 Å². The largest absolute Gasteiger partial charge is 0.496 e. The van der Waals surface area contributed by atoms with Gasteiger partial charge in [0, 0.05) is 18.3 Å². The third-order valence-electron chi connectivity index (χ3n) is 3.37. The summed E-state index contributed by atoms with van der Waals surface area (Å²) < 4.78 is 7.59. The van der Waals surface area contributed by atoms with Gasteiger partial charge in [-0.3, -0.25) is 0 Å². The van der Waals surface area contributed by atoms with Gasteiger partial charge in [-0.15, -0.1) is 0 Å². The SMILES string of the molecule is COc1ccccc1C1CCn2cc(C)nc2N1. The van der Waals surface area contributed by atoms with Crippen molar-refractivity contribution in [1.29, 1.82) is 0 Å². The van der Waals surface area contributed by atoms with Crippen LogP contribution in [0.4, 0.5) is 5.95 Å². The average Bonchev–Trinajstić information content (AvgIpc) is 2.77. The van der Waals surface area contributed by atoms with Crippen LogP contribution in [0.2, 0.25) is 0 Å². The zero-order valence-electron chi connectivity index (χ0n) is 10.7. The van der Waals surface area contributed by atoms with Gasteiger partial charge in [0.15, 0.2) is 0 Å². The van der Waals surface area contributed by atoms with E-state index in [9.17, 15) is 0 Å². The minimum Gasteiger partial charge on any atom is -0.496 e. The van der Waals surface area contributed by atoms with Crippen LogP contribution < -0.4 is 10.1 Å². The van der Waals surface area contributed by atoms with E-state index in [2.05, 4.69) is 27.1 Å². The standard InChI is InChI=1S/C14H17N3O/c1-10-9-17-8-7-12(16-14(17)15-10)11-5-3-4-6-13(11)18-2/h3-6,9,12H,7-8H2,1-2H3,(H,15,16). The van der Waals surface area contributed by atoms with E-state index in [1.807, 2.05) is 25.1 Å². The molecule has 94 valence electrons. The summed E-state index contributed by atoms with van der Waals surface area (Å²) in [7, 11) is 1.72. The van der Waals surface area contributed by atoms with Crippen molar-refractivity contribution in [2.75, 3.05) is 12.4 Å². The Morgan fingerprint density at radius 2 is 2.22 bits per heavy atom. The van der Waals surface area contributed by atoms with Crippen LogP contribution in [-0.2, 0) is 6.54 Å². The molecular formula is C14H17N3O. The van der Waals surface area contributed by atoms with Gasteiger partial charge < -0.3 is 14.6 Å². The summed E-state index contributed by atoms with van der Waals surface area (Å²) in [6.45, 7) is 3.01. The number of aromatic nitrogens is 2. The lowest BCUT2D eigenvalue weighted by Crippen LogP contribution is -2.22. The highest BCUT2D eigenvalue weighted by molar-refractivity contribution is 5.42. The predicted octanol–water partition coefficient (Wildman–Crippen LogP) is 2.76. The number of hydrogen-bond donors (Lipinski definition) is 1. The lowest BCUT2D eigenvalue weighted by molar-refractivity contribution is 0.402. The van der Waals surface area contributed by atoms with E-state index >= 15 is 0 Å². The van der Waals surface area contributed by atoms with Crippen molar-refractivity contribution >= 4 is 5.95 Å². The van der Waals surface area contributed by atoms with Crippen molar-refractivity contribution in [2.24, 2.45) is 0 Å². The first-order chi connectivity index (χ1) is 8.78. The van der Waals surface area contributed by atoms with E-state index in [0.717, 1.165) is 30.4 Å². The second-order valence-corrected chi connectivity index (χ2v) is 4.63. The number of benzene rings is 1. The summed E-state index contributed by atoms with van der Waals surface area (Å²) in [6, 6.07) is 8.43. The van der Waals surface area contributed by atoms with Crippen LogP contribution in [0.25, 0.3) is 0 Å². The van der Waals surface area contributed by atoms with E-state index in [-0.39, 0.29) is 6.04 Å². The number of methoxy groups -OCH3 is 1. The Hall–Kier alpha value is -1.97. The van der Waals surface area contributed by atoms with Crippen LogP contribution in [0.5, 0.6) is 5.75 Å². The van der Waals surface area contributed by atoms with E-state index in [1.54, 1.807) is 7.11 Å². The fraction of sp³-hybridized carbons (Fsp3) is 0.357. The number of nitrogens with one attached hydrogen (secondary N) is 1. The van der Waals surface area contributed by atoms with Crippen LogP contribution in [-0.4, -0.2) is 16.7 Å². The van der Waals surface area contributed by atoms with E-state index in [0.29, 0.717) is 0 Å². The molecule has 1 unspecified atom stereocenters. The minimum absolute atomic E-state index is 0.274. The molecule has 2 aromatic rings. The molecule has 1 N–H and O–H groups in total. The Morgan fingerprint density at radius 1 is 1.39 bits per heavy atom. The molecule has 0 saturated carbocycles. The smallest absolute Gasteiger partial charge is 0.203 e. The first-order valence-corrected chi connectivity index (χ1v) is 6.21. The van der Waals surface area contributed by atoms with Crippen LogP contribution in [0.15, 0.2) is 30.5 Å². The van der Waals surface area contributed by atoms with Gasteiger partial charge in [0.25, 0.3) is 0 Å². The lowest BCUT2D eigenvalue weighted by Gasteiger charge is -2.26. The van der Waals surface area contributed by atoms with Crippen molar-refractivity contribution in [3.8, 4) is 5.75 Å². The molecule has 0 fully saturated rings. The van der Waals surface area contributed by atoms with Crippen molar-refractivity contribution in [2.45, 2.75) is 25.9 Å². The molecule has 0 spiro atoms. The van der Waals surface area contributed by atoms with Crippen molar-refractivity contribution in [1.82, 2.24) is 9.55 Å². The summed E-state index contributed by atoms with van der Waals surface area (Å²) in [4.78, 5) is 4.49. The highest BCUT2D eigenvalue weighted by Gasteiger charge is 2.22. The van der Waals surface area contributed by atoms with Crippen molar-refractivity contribution in [3.63, 3.8) is 0 Å². The normalized spacial score (nSPS) is 18.0. The molecule has 3 rings (SSSR count). The van der Waals surface area contributed by atoms with Crippen LogP contribution in [0.1, 0.15) is 23.7 Å². The van der Waals surface area contributed by atoms with Gasteiger partial charge in [0.05, 0.1) is 18.8 Å². The van der Waals surface area contributed by atoms with Crippen LogP contribution >= 0.6 is 0 Å². The number of anilines is 1. The van der Waals surface area contributed by atoms with Gasteiger partial charge in [0.2, 0.25) is 5.95 Å². The molecule has 18 heavy (non-hydrogen) atoms. The molecule has 1 aromatic heterocycles. The van der Waals surface area contributed by atoms with E-state index in [4.69, 9.17) is 4.74 Å². The number of hydrogen-bond acceptors (Lipinski definition) is 3. The third kappa shape index (κ3) is 1.83. The number of para-hydroxylation sites is 1. The molecule has 0 bridgehead atoms. The molecule has 0 saturated heterocycles. The Kier molecular flexibility index (Phi) is 2.70.